The topological polar surface area (TPSA) is 99.9 Å². The zero-order valence-corrected chi connectivity index (χ0v) is 17.7. The van der Waals surface area contributed by atoms with Crippen LogP contribution < -0.4 is 5.32 Å². The molecule has 1 fully saturated rings. The number of piperidine rings is 1. The van der Waals surface area contributed by atoms with Gasteiger partial charge in [-0.1, -0.05) is 0 Å². The summed E-state index contributed by atoms with van der Waals surface area (Å²) in [5.74, 6) is -2.38. The Labute approximate surface area is 178 Å². The van der Waals surface area contributed by atoms with Gasteiger partial charge in [0.25, 0.3) is 0 Å². The molecule has 2 heterocycles. The van der Waals surface area contributed by atoms with Gasteiger partial charge in [-0.25, -0.2) is 17.2 Å². The third-order valence-corrected chi connectivity index (χ3v) is 7.02. The number of nitrogens with zero attached hydrogens (tertiary/aromatic N) is 2. The highest BCUT2D eigenvalue weighted by molar-refractivity contribution is 7.89. The largest absolute Gasteiger partial charge is 0.467 e. The van der Waals surface area contributed by atoms with Crippen molar-refractivity contribution in [3.63, 3.8) is 0 Å². The third kappa shape index (κ3) is 5.47. The maximum atomic E-state index is 13.9. The number of rotatable bonds is 7. The van der Waals surface area contributed by atoms with Gasteiger partial charge in [0.05, 0.1) is 19.4 Å². The fourth-order valence-electron chi connectivity index (χ4n) is 3.42. The first-order chi connectivity index (χ1) is 14.7. The van der Waals surface area contributed by atoms with Crippen LogP contribution >= 0.6 is 0 Å². The van der Waals surface area contributed by atoms with E-state index in [2.05, 4.69) is 5.32 Å². The lowest BCUT2D eigenvalue weighted by molar-refractivity contribution is -0.139. The summed E-state index contributed by atoms with van der Waals surface area (Å²) < 4.78 is 58.8. The van der Waals surface area contributed by atoms with Gasteiger partial charge in [-0.15, -0.1) is 0 Å². The lowest BCUT2D eigenvalue weighted by Crippen LogP contribution is -2.45. The van der Waals surface area contributed by atoms with E-state index < -0.39 is 32.5 Å². The van der Waals surface area contributed by atoms with Gasteiger partial charge in [-0.2, -0.15) is 4.31 Å². The second-order valence-electron chi connectivity index (χ2n) is 7.30. The number of halogens is 2. The zero-order chi connectivity index (χ0) is 22.6. The van der Waals surface area contributed by atoms with Gasteiger partial charge >= 0.3 is 0 Å². The van der Waals surface area contributed by atoms with Gasteiger partial charge < -0.3 is 14.6 Å². The van der Waals surface area contributed by atoms with Crippen LogP contribution in [-0.2, 0) is 26.2 Å². The first kappa shape index (κ1) is 22.9. The number of hydrogen-bond donors (Lipinski definition) is 1. The fraction of sp³-hybridized carbons (Fsp3) is 0.400. The molecule has 0 atom stereocenters. The van der Waals surface area contributed by atoms with Crippen LogP contribution in [0.2, 0.25) is 0 Å². The molecular weight excluding hydrogens is 432 g/mol. The summed E-state index contributed by atoms with van der Waals surface area (Å²) in [5, 5.41) is 2.65. The van der Waals surface area contributed by atoms with E-state index in [4.69, 9.17) is 4.42 Å². The molecule has 11 heteroatoms. The minimum Gasteiger partial charge on any atom is -0.467 e. The predicted molar refractivity (Wildman–Crippen MR) is 106 cm³/mol. The summed E-state index contributed by atoms with van der Waals surface area (Å²) in [6.45, 7) is 0.0494. The molecule has 1 aliphatic rings. The molecule has 0 saturated carbocycles. The van der Waals surface area contributed by atoms with Crippen molar-refractivity contribution in [1.29, 1.82) is 0 Å². The zero-order valence-electron chi connectivity index (χ0n) is 16.9. The van der Waals surface area contributed by atoms with E-state index in [9.17, 15) is 26.8 Å². The van der Waals surface area contributed by atoms with E-state index in [1.807, 2.05) is 0 Å². The molecule has 2 amide bonds. The van der Waals surface area contributed by atoms with Gasteiger partial charge in [0.1, 0.15) is 22.3 Å². The number of nitrogens with one attached hydrogen (secondary N) is 1. The summed E-state index contributed by atoms with van der Waals surface area (Å²) in [7, 11) is -2.71. The van der Waals surface area contributed by atoms with Crippen molar-refractivity contribution in [2.75, 3.05) is 26.7 Å². The van der Waals surface area contributed by atoms with Gasteiger partial charge in [0.2, 0.25) is 21.8 Å². The van der Waals surface area contributed by atoms with Crippen LogP contribution in [0.4, 0.5) is 8.78 Å². The van der Waals surface area contributed by atoms with Crippen LogP contribution in [0, 0.1) is 17.6 Å². The summed E-state index contributed by atoms with van der Waals surface area (Å²) in [6, 6.07) is 5.68. The lowest BCUT2D eigenvalue weighted by atomic mass is 9.96. The van der Waals surface area contributed by atoms with Crippen LogP contribution in [0.1, 0.15) is 18.6 Å². The van der Waals surface area contributed by atoms with Gasteiger partial charge in [-0.3, -0.25) is 9.59 Å². The lowest BCUT2D eigenvalue weighted by Gasteiger charge is -2.32. The molecule has 31 heavy (non-hydrogen) atoms. The van der Waals surface area contributed by atoms with E-state index in [1.54, 1.807) is 12.1 Å². The minimum absolute atomic E-state index is 0.00672. The van der Waals surface area contributed by atoms with Crippen molar-refractivity contribution in [3.05, 3.63) is 54.0 Å². The minimum atomic E-state index is -4.21. The second kappa shape index (κ2) is 9.56. The third-order valence-electron chi connectivity index (χ3n) is 5.11. The molecule has 0 radical (unpaired) electrons. The average Bonchev–Trinajstić information content (AvgIpc) is 3.27. The molecule has 0 spiro atoms. The monoisotopic (exact) mass is 455 g/mol. The van der Waals surface area contributed by atoms with E-state index >= 15 is 0 Å². The first-order valence-electron chi connectivity index (χ1n) is 9.67. The Morgan fingerprint density at radius 1 is 1.23 bits per heavy atom. The molecule has 168 valence electrons. The van der Waals surface area contributed by atoms with Crippen molar-refractivity contribution in [1.82, 2.24) is 14.5 Å². The number of hydrogen-bond acceptors (Lipinski definition) is 5. The van der Waals surface area contributed by atoms with E-state index in [-0.39, 0.29) is 50.8 Å². The number of likely N-dealkylation sites (N-methyl/N-ethyl adjacent to an activating group) is 1. The Balaban J connectivity index is 1.53. The number of furan rings is 1. The van der Waals surface area contributed by atoms with Gasteiger partial charge in [0, 0.05) is 26.1 Å². The molecule has 3 rings (SSSR count). The summed E-state index contributed by atoms with van der Waals surface area (Å²) in [6.07, 6.45) is 1.92. The van der Waals surface area contributed by atoms with Crippen LogP contribution in [-0.4, -0.2) is 56.1 Å². The number of carbonyl (C=O) groups is 2. The summed E-state index contributed by atoms with van der Waals surface area (Å²) in [5.41, 5.74) is 0. The molecule has 0 bridgehead atoms. The summed E-state index contributed by atoms with van der Waals surface area (Å²) in [4.78, 5) is 25.2. The first-order valence-corrected chi connectivity index (χ1v) is 11.1. The van der Waals surface area contributed by atoms with Gasteiger partial charge in [0.15, 0.2) is 0 Å². The Bertz CT molecular complexity index is 1040. The second-order valence-corrected chi connectivity index (χ2v) is 9.21. The summed E-state index contributed by atoms with van der Waals surface area (Å²) >= 11 is 0. The highest BCUT2D eigenvalue weighted by Crippen LogP contribution is 2.26. The van der Waals surface area contributed by atoms with Crippen molar-refractivity contribution in [2.24, 2.45) is 5.92 Å². The Morgan fingerprint density at radius 3 is 2.58 bits per heavy atom. The highest BCUT2D eigenvalue weighted by Gasteiger charge is 2.34. The van der Waals surface area contributed by atoms with Crippen LogP contribution in [0.25, 0.3) is 0 Å². The van der Waals surface area contributed by atoms with Gasteiger partial charge in [-0.05, 0) is 43.2 Å². The number of carbonyl (C=O) groups excluding carboxylic acids is 2. The standard InChI is InChI=1S/C20H23F2N3O5S/c1-24(13-19(26)23-12-16-3-2-10-30-16)20(27)14-6-8-25(9-7-14)31(28,29)18-11-15(21)4-5-17(18)22/h2-5,10-11,14H,6-9,12-13H2,1H3,(H,23,26). The molecule has 2 aromatic rings. The molecule has 1 aromatic heterocycles. The SMILES string of the molecule is CN(CC(=O)NCc1ccco1)C(=O)C1CCN(S(=O)(=O)c2cc(F)ccc2F)CC1. The number of benzene rings is 1. The average molecular weight is 455 g/mol. The smallest absolute Gasteiger partial charge is 0.246 e. The van der Waals surface area contributed by atoms with E-state index in [0.29, 0.717) is 11.8 Å². The molecule has 0 aliphatic carbocycles. The molecule has 1 N–H and O–H groups in total. The van der Waals surface area contributed by atoms with E-state index in [0.717, 1.165) is 16.4 Å². The molecule has 8 nitrogen and oxygen atoms in total. The predicted octanol–water partition coefficient (Wildman–Crippen LogP) is 1.73. The molecular formula is C20H23F2N3O5S. The maximum absolute atomic E-state index is 13.9. The van der Waals surface area contributed by atoms with Crippen molar-refractivity contribution >= 4 is 21.8 Å². The van der Waals surface area contributed by atoms with Crippen LogP contribution in [0.15, 0.2) is 45.9 Å². The van der Waals surface area contributed by atoms with Crippen LogP contribution in [0.3, 0.4) is 0 Å². The highest BCUT2D eigenvalue weighted by atomic mass is 32.2. The van der Waals surface area contributed by atoms with Crippen LogP contribution in [0.5, 0.6) is 0 Å². The fourth-order valence-corrected chi connectivity index (χ4v) is 4.96. The molecule has 1 aromatic carbocycles. The van der Waals surface area contributed by atoms with Crippen molar-refractivity contribution in [2.45, 2.75) is 24.3 Å². The van der Waals surface area contributed by atoms with Crippen molar-refractivity contribution < 1.29 is 31.2 Å². The quantitative estimate of drug-likeness (QED) is 0.686. The number of sulfonamides is 1. The maximum Gasteiger partial charge on any atom is 0.246 e. The molecule has 0 unspecified atom stereocenters. The van der Waals surface area contributed by atoms with E-state index in [1.165, 1.54) is 18.2 Å². The van der Waals surface area contributed by atoms with Crippen molar-refractivity contribution in [3.8, 4) is 0 Å². The Kier molecular flexibility index (Phi) is 7.06. The molecule has 1 aliphatic heterocycles. The Morgan fingerprint density at radius 2 is 1.94 bits per heavy atom. The normalized spacial score (nSPS) is 15.6. The molecule has 1 saturated heterocycles. The Hall–Kier alpha value is -2.79. The number of amides is 2.